The minimum atomic E-state index is -0.111. The normalized spacial score (nSPS) is 21.4. The molecule has 1 fully saturated rings. The van der Waals surface area contributed by atoms with Gasteiger partial charge in [0.05, 0.1) is 12.6 Å². The minimum Gasteiger partial charge on any atom is -0.351 e. The monoisotopic (exact) mass is 180 g/mol. The van der Waals surface area contributed by atoms with Crippen LogP contribution in [0.15, 0.2) is 0 Å². The van der Waals surface area contributed by atoms with Crippen molar-refractivity contribution in [3.63, 3.8) is 0 Å². The van der Waals surface area contributed by atoms with Crippen molar-refractivity contribution < 1.29 is 9.59 Å². The zero-order valence-electron chi connectivity index (χ0n) is 7.54. The topological polar surface area (TPSA) is 49.4 Å². The predicted molar refractivity (Wildman–Crippen MR) is 47.6 cm³/mol. The van der Waals surface area contributed by atoms with Crippen molar-refractivity contribution in [2.75, 3.05) is 13.1 Å². The number of nitrogens with zero attached hydrogens (tertiary/aromatic N) is 1. The molecule has 1 unspecified atom stereocenters. The SMILES string of the molecule is C#CCN1CC(NC(C)=O)CC1=O. The van der Waals surface area contributed by atoms with Gasteiger partial charge in [0.15, 0.2) is 0 Å². The summed E-state index contributed by atoms with van der Waals surface area (Å²) in [6.07, 6.45) is 5.45. The lowest BCUT2D eigenvalue weighted by molar-refractivity contribution is -0.127. The second kappa shape index (κ2) is 3.94. The van der Waals surface area contributed by atoms with Gasteiger partial charge in [0.2, 0.25) is 11.8 Å². The van der Waals surface area contributed by atoms with Gasteiger partial charge in [0, 0.05) is 19.9 Å². The maximum absolute atomic E-state index is 11.2. The Bertz CT molecular complexity index is 267. The molecule has 4 heteroatoms. The summed E-state index contributed by atoms with van der Waals surface area (Å²) in [7, 11) is 0. The third-order valence-corrected chi connectivity index (χ3v) is 1.90. The number of carbonyl (C=O) groups excluding carboxylic acids is 2. The molecule has 0 aromatic carbocycles. The lowest BCUT2D eigenvalue weighted by Crippen LogP contribution is -2.35. The molecule has 1 atom stereocenters. The number of hydrogen-bond acceptors (Lipinski definition) is 2. The minimum absolute atomic E-state index is 0.0108. The summed E-state index contributed by atoms with van der Waals surface area (Å²) in [6.45, 7) is 2.30. The number of carbonyl (C=O) groups is 2. The third-order valence-electron chi connectivity index (χ3n) is 1.90. The van der Waals surface area contributed by atoms with E-state index in [0.717, 1.165) is 0 Å². The fraction of sp³-hybridized carbons (Fsp3) is 0.556. The van der Waals surface area contributed by atoms with Crippen LogP contribution in [-0.2, 0) is 9.59 Å². The van der Waals surface area contributed by atoms with Gasteiger partial charge < -0.3 is 10.2 Å². The standard InChI is InChI=1S/C9H12N2O2/c1-3-4-11-6-8(5-9(11)13)10-7(2)12/h1,8H,4-6H2,2H3,(H,10,12). The van der Waals surface area contributed by atoms with E-state index in [1.807, 2.05) is 0 Å². The van der Waals surface area contributed by atoms with Crippen LogP contribution in [0.2, 0.25) is 0 Å². The molecule has 4 nitrogen and oxygen atoms in total. The zero-order valence-corrected chi connectivity index (χ0v) is 7.54. The number of likely N-dealkylation sites (tertiary alicyclic amines) is 1. The summed E-state index contributed by atoms with van der Waals surface area (Å²) < 4.78 is 0. The molecule has 0 aromatic rings. The van der Waals surface area contributed by atoms with Gasteiger partial charge in [-0.05, 0) is 0 Å². The summed E-state index contributed by atoms with van der Waals surface area (Å²) in [5.74, 6) is 2.31. The van der Waals surface area contributed by atoms with Gasteiger partial charge in [-0.3, -0.25) is 9.59 Å². The van der Waals surface area contributed by atoms with Gasteiger partial charge in [0.1, 0.15) is 0 Å². The Labute approximate surface area is 77.3 Å². The Morgan fingerprint density at radius 2 is 2.54 bits per heavy atom. The molecule has 0 aromatic heterocycles. The first kappa shape index (κ1) is 9.59. The van der Waals surface area contributed by atoms with E-state index in [4.69, 9.17) is 6.42 Å². The van der Waals surface area contributed by atoms with Gasteiger partial charge in [-0.15, -0.1) is 6.42 Å². The van der Waals surface area contributed by atoms with E-state index in [-0.39, 0.29) is 17.9 Å². The molecule has 0 saturated carbocycles. The smallest absolute Gasteiger partial charge is 0.225 e. The van der Waals surface area contributed by atoms with Crippen LogP contribution in [0, 0.1) is 12.3 Å². The molecule has 70 valence electrons. The van der Waals surface area contributed by atoms with Crippen LogP contribution >= 0.6 is 0 Å². The first-order valence-electron chi connectivity index (χ1n) is 4.12. The first-order chi connectivity index (χ1) is 6.13. The molecule has 0 bridgehead atoms. The highest BCUT2D eigenvalue weighted by Gasteiger charge is 2.28. The van der Waals surface area contributed by atoms with Crippen LogP contribution in [0.3, 0.4) is 0 Å². The summed E-state index contributed by atoms with van der Waals surface area (Å²) in [4.78, 5) is 23.5. The summed E-state index contributed by atoms with van der Waals surface area (Å²) in [5, 5.41) is 2.69. The van der Waals surface area contributed by atoms with E-state index in [2.05, 4.69) is 11.2 Å². The van der Waals surface area contributed by atoms with Crippen molar-refractivity contribution in [3.8, 4) is 12.3 Å². The van der Waals surface area contributed by atoms with Crippen LogP contribution in [0.4, 0.5) is 0 Å². The lowest BCUT2D eigenvalue weighted by Gasteiger charge is -2.12. The maximum atomic E-state index is 11.2. The van der Waals surface area contributed by atoms with Crippen LogP contribution in [0.25, 0.3) is 0 Å². The number of rotatable bonds is 2. The van der Waals surface area contributed by atoms with Crippen molar-refractivity contribution in [1.29, 1.82) is 0 Å². The molecule has 13 heavy (non-hydrogen) atoms. The van der Waals surface area contributed by atoms with E-state index in [9.17, 15) is 9.59 Å². The zero-order chi connectivity index (χ0) is 9.84. The molecule has 1 heterocycles. The molecule has 0 spiro atoms. The van der Waals surface area contributed by atoms with Crippen LogP contribution in [0.1, 0.15) is 13.3 Å². The Hall–Kier alpha value is -1.50. The fourth-order valence-corrected chi connectivity index (χ4v) is 1.42. The van der Waals surface area contributed by atoms with E-state index in [1.54, 1.807) is 4.90 Å². The predicted octanol–water partition coefficient (Wildman–Crippen LogP) is -0.643. The van der Waals surface area contributed by atoms with Gasteiger partial charge in [-0.1, -0.05) is 5.92 Å². The fourth-order valence-electron chi connectivity index (χ4n) is 1.42. The first-order valence-corrected chi connectivity index (χ1v) is 4.12. The number of terminal acetylenes is 1. The van der Waals surface area contributed by atoms with E-state index in [1.165, 1.54) is 6.92 Å². The average molecular weight is 180 g/mol. The highest BCUT2D eigenvalue weighted by molar-refractivity contribution is 5.81. The van der Waals surface area contributed by atoms with E-state index in [0.29, 0.717) is 19.5 Å². The highest BCUT2D eigenvalue weighted by atomic mass is 16.2. The quantitative estimate of drug-likeness (QED) is 0.574. The van der Waals surface area contributed by atoms with Gasteiger partial charge >= 0.3 is 0 Å². The van der Waals surface area contributed by atoms with Crippen molar-refractivity contribution >= 4 is 11.8 Å². The van der Waals surface area contributed by atoms with Crippen LogP contribution in [0.5, 0.6) is 0 Å². The van der Waals surface area contributed by atoms with Gasteiger partial charge in [-0.25, -0.2) is 0 Å². The van der Waals surface area contributed by atoms with Crippen molar-refractivity contribution in [2.45, 2.75) is 19.4 Å². The van der Waals surface area contributed by atoms with Crippen molar-refractivity contribution in [2.24, 2.45) is 0 Å². The van der Waals surface area contributed by atoms with Crippen LogP contribution in [-0.4, -0.2) is 35.8 Å². The molecular weight excluding hydrogens is 168 g/mol. The molecule has 2 amide bonds. The lowest BCUT2D eigenvalue weighted by atomic mass is 10.2. The molecule has 1 rings (SSSR count). The molecule has 1 N–H and O–H groups in total. The second-order valence-electron chi connectivity index (χ2n) is 3.08. The molecule has 0 aliphatic carbocycles. The number of nitrogens with one attached hydrogen (secondary N) is 1. The van der Waals surface area contributed by atoms with Crippen molar-refractivity contribution in [1.82, 2.24) is 10.2 Å². The molecule has 1 aliphatic heterocycles. The molecule has 1 aliphatic rings. The summed E-state index contributed by atoms with van der Waals surface area (Å²) in [6, 6.07) is -0.0710. The molecule has 0 radical (unpaired) electrons. The summed E-state index contributed by atoms with van der Waals surface area (Å²) in [5.41, 5.74) is 0. The maximum Gasteiger partial charge on any atom is 0.225 e. The number of amides is 2. The molecular formula is C9H12N2O2. The summed E-state index contributed by atoms with van der Waals surface area (Å²) >= 11 is 0. The Kier molecular flexibility index (Phi) is 2.91. The van der Waals surface area contributed by atoms with Gasteiger partial charge in [0.25, 0.3) is 0 Å². The number of hydrogen-bond donors (Lipinski definition) is 1. The Morgan fingerprint density at radius 3 is 3.08 bits per heavy atom. The second-order valence-corrected chi connectivity index (χ2v) is 3.08. The van der Waals surface area contributed by atoms with E-state index >= 15 is 0 Å². The van der Waals surface area contributed by atoms with Gasteiger partial charge in [-0.2, -0.15) is 0 Å². The van der Waals surface area contributed by atoms with Crippen molar-refractivity contribution in [3.05, 3.63) is 0 Å². The Balaban J connectivity index is 2.46. The largest absolute Gasteiger partial charge is 0.351 e. The third kappa shape index (κ3) is 2.48. The highest BCUT2D eigenvalue weighted by Crippen LogP contribution is 2.09. The average Bonchev–Trinajstić information content (AvgIpc) is 2.31. The molecule has 1 saturated heterocycles. The Morgan fingerprint density at radius 1 is 1.85 bits per heavy atom. The van der Waals surface area contributed by atoms with Crippen LogP contribution < -0.4 is 5.32 Å². The van der Waals surface area contributed by atoms with E-state index < -0.39 is 0 Å².